The summed E-state index contributed by atoms with van der Waals surface area (Å²) in [5, 5.41) is 2.77. The minimum Gasteiger partial charge on any atom is -0.444 e. The molecule has 5 nitrogen and oxygen atoms in total. The monoisotopic (exact) mass is 225 g/mol. The van der Waals surface area contributed by atoms with Crippen molar-refractivity contribution in [2.45, 2.75) is 39.8 Å². The van der Waals surface area contributed by atoms with Gasteiger partial charge in [0.25, 0.3) is 0 Å². The highest BCUT2D eigenvalue weighted by Gasteiger charge is 2.21. The molecule has 2 atom stereocenters. The van der Waals surface area contributed by atoms with E-state index in [4.69, 9.17) is 10.2 Å². The lowest BCUT2D eigenvalue weighted by Crippen LogP contribution is -2.44. The van der Waals surface area contributed by atoms with Crippen LogP contribution in [0.4, 0.5) is 0 Å². The number of nitrogens with zero attached hydrogens (tertiary/aromatic N) is 1. The number of rotatable bonds is 4. The van der Waals surface area contributed by atoms with E-state index in [2.05, 4.69) is 10.3 Å². The smallest absolute Gasteiger partial charge is 0.237 e. The minimum absolute atomic E-state index is 0.110. The van der Waals surface area contributed by atoms with E-state index in [-0.39, 0.29) is 17.9 Å². The van der Waals surface area contributed by atoms with E-state index in [0.717, 1.165) is 5.76 Å². The summed E-state index contributed by atoms with van der Waals surface area (Å²) in [7, 11) is 0. The number of carbonyl (C=O) groups excluding carboxylic acids is 1. The van der Waals surface area contributed by atoms with Crippen LogP contribution in [-0.4, -0.2) is 16.9 Å². The van der Waals surface area contributed by atoms with Crippen LogP contribution in [0.3, 0.4) is 0 Å². The van der Waals surface area contributed by atoms with Crippen molar-refractivity contribution in [2.75, 3.05) is 0 Å². The number of aromatic nitrogens is 1. The number of amides is 1. The fraction of sp³-hybridized carbons (Fsp3) is 0.636. The average molecular weight is 225 g/mol. The largest absolute Gasteiger partial charge is 0.444 e. The molecule has 0 radical (unpaired) electrons. The maximum atomic E-state index is 11.7. The molecule has 1 aromatic heterocycles. The van der Waals surface area contributed by atoms with Gasteiger partial charge in [0.1, 0.15) is 11.8 Å². The SMILES string of the molecule is Cc1cnc(C(C)NC(=O)C(N)C(C)C)o1. The van der Waals surface area contributed by atoms with Crippen molar-refractivity contribution in [1.29, 1.82) is 0 Å². The van der Waals surface area contributed by atoms with E-state index in [1.54, 1.807) is 6.20 Å². The van der Waals surface area contributed by atoms with Crippen molar-refractivity contribution in [1.82, 2.24) is 10.3 Å². The van der Waals surface area contributed by atoms with Gasteiger partial charge in [-0.15, -0.1) is 0 Å². The molecular weight excluding hydrogens is 206 g/mol. The maximum absolute atomic E-state index is 11.7. The number of aryl methyl sites for hydroxylation is 1. The van der Waals surface area contributed by atoms with Crippen molar-refractivity contribution >= 4 is 5.91 Å². The highest BCUT2D eigenvalue weighted by Crippen LogP contribution is 2.12. The van der Waals surface area contributed by atoms with Gasteiger partial charge in [0.05, 0.1) is 12.2 Å². The van der Waals surface area contributed by atoms with Gasteiger partial charge in [-0.2, -0.15) is 0 Å². The Labute approximate surface area is 95.4 Å². The van der Waals surface area contributed by atoms with Gasteiger partial charge in [-0.1, -0.05) is 13.8 Å². The first-order chi connectivity index (χ1) is 7.41. The number of hydrogen-bond acceptors (Lipinski definition) is 4. The van der Waals surface area contributed by atoms with Gasteiger partial charge in [-0.05, 0) is 19.8 Å². The Balaban J connectivity index is 2.58. The van der Waals surface area contributed by atoms with Crippen LogP contribution in [0.2, 0.25) is 0 Å². The number of nitrogens with one attached hydrogen (secondary N) is 1. The molecule has 0 aromatic carbocycles. The first-order valence-corrected chi connectivity index (χ1v) is 5.40. The molecule has 90 valence electrons. The van der Waals surface area contributed by atoms with Gasteiger partial charge in [-0.3, -0.25) is 4.79 Å². The molecule has 16 heavy (non-hydrogen) atoms. The predicted molar refractivity (Wildman–Crippen MR) is 60.6 cm³/mol. The summed E-state index contributed by atoms with van der Waals surface area (Å²) >= 11 is 0. The summed E-state index contributed by atoms with van der Waals surface area (Å²) in [5.41, 5.74) is 5.73. The third-order valence-electron chi connectivity index (χ3n) is 2.39. The van der Waals surface area contributed by atoms with Crippen molar-refractivity contribution in [3.05, 3.63) is 17.8 Å². The van der Waals surface area contributed by atoms with E-state index < -0.39 is 6.04 Å². The van der Waals surface area contributed by atoms with Crippen LogP contribution in [0.1, 0.15) is 38.5 Å². The fourth-order valence-corrected chi connectivity index (χ4v) is 1.25. The van der Waals surface area contributed by atoms with Crippen LogP contribution in [0, 0.1) is 12.8 Å². The Morgan fingerprint density at radius 1 is 1.50 bits per heavy atom. The fourth-order valence-electron chi connectivity index (χ4n) is 1.25. The van der Waals surface area contributed by atoms with Crippen molar-refractivity contribution in [3.8, 4) is 0 Å². The number of oxazole rings is 1. The summed E-state index contributed by atoms with van der Waals surface area (Å²) in [4.78, 5) is 15.7. The quantitative estimate of drug-likeness (QED) is 0.805. The van der Waals surface area contributed by atoms with E-state index in [1.807, 2.05) is 27.7 Å². The van der Waals surface area contributed by atoms with Gasteiger partial charge in [0.2, 0.25) is 11.8 Å². The molecule has 1 rings (SSSR count). The third kappa shape index (κ3) is 3.06. The van der Waals surface area contributed by atoms with Crippen molar-refractivity contribution in [3.63, 3.8) is 0 Å². The Bertz CT molecular complexity index is 360. The third-order valence-corrected chi connectivity index (χ3v) is 2.39. The molecule has 0 aliphatic heterocycles. The molecule has 1 heterocycles. The lowest BCUT2D eigenvalue weighted by Gasteiger charge is -2.17. The van der Waals surface area contributed by atoms with Gasteiger partial charge >= 0.3 is 0 Å². The molecule has 0 saturated heterocycles. The second-order valence-electron chi connectivity index (χ2n) is 4.31. The molecule has 1 aromatic rings. The Kier molecular flexibility index (Phi) is 4.06. The lowest BCUT2D eigenvalue weighted by molar-refractivity contribution is -0.124. The highest BCUT2D eigenvalue weighted by molar-refractivity contribution is 5.81. The lowest BCUT2D eigenvalue weighted by atomic mass is 10.0. The first kappa shape index (κ1) is 12.7. The summed E-state index contributed by atoms with van der Waals surface area (Å²) in [5.74, 6) is 1.16. The van der Waals surface area contributed by atoms with Crippen LogP contribution in [0.25, 0.3) is 0 Å². The van der Waals surface area contributed by atoms with Gasteiger partial charge in [-0.25, -0.2) is 4.98 Å². The number of carbonyl (C=O) groups is 1. The number of hydrogen-bond donors (Lipinski definition) is 2. The molecular formula is C11H19N3O2. The predicted octanol–water partition coefficient (Wildman–Crippen LogP) is 1.14. The minimum atomic E-state index is -0.501. The summed E-state index contributed by atoms with van der Waals surface area (Å²) < 4.78 is 5.32. The summed E-state index contributed by atoms with van der Waals surface area (Å²) in [6.07, 6.45) is 1.63. The zero-order chi connectivity index (χ0) is 12.3. The molecule has 0 saturated carbocycles. The van der Waals surface area contributed by atoms with E-state index in [9.17, 15) is 4.79 Å². The average Bonchev–Trinajstić information content (AvgIpc) is 2.63. The molecule has 0 spiro atoms. The van der Waals surface area contributed by atoms with Gasteiger partial charge < -0.3 is 15.5 Å². The zero-order valence-electron chi connectivity index (χ0n) is 10.2. The molecule has 0 aliphatic carbocycles. The Hall–Kier alpha value is -1.36. The Morgan fingerprint density at radius 3 is 2.56 bits per heavy atom. The molecule has 0 fully saturated rings. The van der Waals surface area contributed by atoms with Crippen LogP contribution in [0.5, 0.6) is 0 Å². The van der Waals surface area contributed by atoms with E-state index >= 15 is 0 Å². The van der Waals surface area contributed by atoms with Crippen LogP contribution >= 0.6 is 0 Å². The van der Waals surface area contributed by atoms with Gasteiger partial charge in [0.15, 0.2) is 0 Å². The van der Waals surface area contributed by atoms with E-state index in [1.165, 1.54) is 0 Å². The molecule has 1 amide bonds. The summed E-state index contributed by atoms with van der Waals surface area (Å²) in [6, 6.07) is -0.760. The molecule has 0 aliphatic rings. The number of nitrogens with two attached hydrogens (primary N) is 1. The van der Waals surface area contributed by atoms with Crippen molar-refractivity contribution < 1.29 is 9.21 Å². The Morgan fingerprint density at radius 2 is 2.12 bits per heavy atom. The second-order valence-corrected chi connectivity index (χ2v) is 4.31. The van der Waals surface area contributed by atoms with Crippen LogP contribution in [0.15, 0.2) is 10.6 Å². The maximum Gasteiger partial charge on any atom is 0.237 e. The normalized spacial score (nSPS) is 14.9. The van der Waals surface area contributed by atoms with Crippen LogP contribution in [-0.2, 0) is 4.79 Å². The first-order valence-electron chi connectivity index (χ1n) is 5.40. The standard InChI is InChI=1S/C11H19N3O2/c1-6(2)9(12)10(15)14-8(4)11-13-5-7(3)16-11/h5-6,8-9H,12H2,1-4H3,(H,14,15). The van der Waals surface area contributed by atoms with Crippen molar-refractivity contribution in [2.24, 2.45) is 11.7 Å². The topological polar surface area (TPSA) is 81.2 Å². The highest BCUT2D eigenvalue weighted by atomic mass is 16.4. The molecule has 3 N–H and O–H groups in total. The molecule has 5 heteroatoms. The molecule has 2 unspecified atom stereocenters. The van der Waals surface area contributed by atoms with E-state index in [0.29, 0.717) is 5.89 Å². The van der Waals surface area contributed by atoms with Crippen LogP contribution < -0.4 is 11.1 Å². The zero-order valence-corrected chi connectivity index (χ0v) is 10.2. The summed E-state index contributed by atoms with van der Waals surface area (Å²) in [6.45, 7) is 7.44. The molecule has 0 bridgehead atoms. The second kappa shape index (κ2) is 5.12. The van der Waals surface area contributed by atoms with Gasteiger partial charge in [0, 0.05) is 0 Å².